The molecule has 0 saturated carbocycles. The number of aryl methyl sites for hydroxylation is 1. The van der Waals surface area contributed by atoms with Gasteiger partial charge in [0.2, 0.25) is 4.96 Å². The predicted molar refractivity (Wildman–Crippen MR) is 124 cm³/mol. The highest BCUT2D eigenvalue weighted by molar-refractivity contribution is 7.15. The summed E-state index contributed by atoms with van der Waals surface area (Å²) >= 11 is 1.49. The maximum Gasteiger partial charge on any atom is 0.313 e. The van der Waals surface area contributed by atoms with Gasteiger partial charge in [0.05, 0.1) is 12.3 Å². The number of nitrogens with zero attached hydrogens (tertiary/aromatic N) is 3. The average Bonchev–Trinajstić information content (AvgIpc) is 3.37. The van der Waals surface area contributed by atoms with E-state index in [9.17, 15) is 9.59 Å². The zero-order chi connectivity index (χ0) is 22.5. The first-order valence-corrected chi connectivity index (χ1v) is 11.1. The molecule has 0 radical (unpaired) electrons. The highest BCUT2D eigenvalue weighted by Gasteiger charge is 2.15. The number of amides is 2. The monoisotopic (exact) mass is 449 g/mol. The number of rotatable bonds is 7. The van der Waals surface area contributed by atoms with Crippen LogP contribution < -0.4 is 15.4 Å². The van der Waals surface area contributed by atoms with Gasteiger partial charge in [-0.2, -0.15) is 4.98 Å². The Morgan fingerprint density at radius 3 is 2.69 bits per heavy atom. The maximum atomic E-state index is 12.1. The molecule has 2 aromatic heterocycles. The summed E-state index contributed by atoms with van der Waals surface area (Å²) in [7, 11) is 0. The average molecular weight is 450 g/mol. The van der Waals surface area contributed by atoms with Crippen LogP contribution in [0.4, 0.5) is 5.69 Å². The van der Waals surface area contributed by atoms with Gasteiger partial charge in [-0.05, 0) is 44.2 Å². The molecular weight excluding hydrogens is 426 g/mol. The van der Waals surface area contributed by atoms with Crippen molar-refractivity contribution in [3.05, 3.63) is 65.2 Å². The van der Waals surface area contributed by atoms with E-state index in [1.165, 1.54) is 11.3 Å². The highest BCUT2D eigenvalue weighted by Crippen LogP contribution is 2.21. The summed E-state index contributed by atoms with van der Waals surface area (Å²) in [5.41, 5.74) is 3.56. The molecule has 0 spiro atoms. The van der Waals surface area contributed by atoms with E-state index >= 15 is 0 Å². The molecule has 0 bridgehead atoms. The van der Waals surface area contributed by atoms with E-state index in [1.807, 2.05) is 43.5 Å². The number of nitrogens with one attached hydrogen (secondary N) is 2. The van der Waals surface area contributed by atoms with Crippen molar-refractivity contribution in [2.75, 3.05) is 18.5 Å². The molecule has 2 amide bonds. The number of hydrogen-bond donors (Lipinski definition) is 2. The van der Waals surface area contributed by atoms with Crippen LogP contribution in [0, 0.1) is 6.92 Å². The minimum atomic E-state index is -0.716. The van der Waals surface area contributed by atoms with Crippen molar-refractivity contribution in [1.82, 2.24) is 19.9 Å². The van der Waals surface area contributed by atoms with Gasteiger partial charge in [-0.3, -0.25) is 9.59 Å². The van der Waals surface area contributed by atoms with E-state index < -0.39 is 11.8 Å². The molecule has 164 valence electrons. The molecule has 0 aliphatic rings. The number of fused-ring (bicyclic) bond motifs is 1. The van der Waals surface area contributed by atoms with Crippen molar-refractivity contribution in [3.8, 4) is 17.1 Å². The van der Waals surface area contributed by atoms with Crippen LogP contribution in [0.5, 0.6) is 5.75 Å². The van der Waals surface area contributed by atoms with Crippen LogP contribution in [0.3, 0.4) is 0 Å². The second-order valence-electron chi connectivity index (χ2n) is 7.14. The topological polar surface area (TPSA) is 97.6 Å². The Morgan fingerprint density at radius 2 is 1.94 bits per heavy atom. The fourth-order valence-electron chi connectivity index (χ4n) is 3.18. The number of hydrogen-bond acceptors (Lipinski definition) is 6. The third-order valence-electron chi connectivity index (χ3n) is 4.72. The van der Waals surface area contributed by atoms with Gasteiger partial charge in [0.15, 0.2) is 5.82 Å². The molecule has 2 heterocycles. The van der Waals surface area contributed by atoms with E-state index in [-0.39, 0.29) is 0 Å². The van der Waals surface area contributed by atoms with Gasteiger partial charge in [0.25, 0.3) is 0 Å². The first-order chi connectivity index (χ1) is 15.5. The van der Waals surface area contributed by atoms with Crippen molar-refractivity contribution < 1.29 is 14.3 Å². The summed E-state index contributed by atoms with van der Waals surface area (Å²) in [6.45, 7) is 4.79. The second-order valence-corrected chi connectivity index (χ2v) is 7.98. The maximum absolute atomic E-state index is 12.1. The zero-order valence-corrected chi connectivity index (χ0v) is 18.6. The first kappa shape index (κ1) is 21.5. The molecule has 2 aromatic carbocycles. The Kier molecular flexibility index (Phi) is 6.46. The lowest BCUT2D eigenvalue weighted by Gasteiger charge is -2.07. The lowest BCUT2D eigenvalue weighted by molar-refractivity contribution is -0.136. The zero-order valence-electron chi connectivity index (χ0n) is 17.8. The Morgan fingerprint density at radius 1 is 1.12 bits per heavy atom. The normalized spacial score (nSPS) is 10.8. The number of thiazole rings is 1. The van der Waals surface area contributed by atoms with E-state index in [2.05, 4.69) is 20.7 Å². The number of aromatic nitrogens is 3. The lowest BCUT2D eigenvalue weighted by Crippen LogP contribution is -2.36. The molecule has 0 unspecified atom stereocenters. The van der Waals surface area contributed by atoms with Crippen LogP contribution in [0.25, 0.3) is 16.3 Å². The molecule has 0 saturated heterocycles. The van der Waals surface area contributed by atoms with Crippen molar-refractivity contribution in [3.63, 3.8) is 0 Å². The van der Waals surface area contributed by atoms with Gasteiger partial charge in [-0.15, -0.1) is 16.4 Å². The molecule has 2 N–H and O–H groups in total. The van der Waals surface area contributed by atoms with E-state index in [1.54, 1.807) is 28.8 Å². The third-order valence-corrected chi connectivity index (χ3v) is 5.59. The van der Waals surface area contributed by atoms with Crippen molar-refractivity contribution in [2.45, 2.75) is 20.3 Å². The number of anilines is 1. The second kappa shape index (κ2) is 9.61. The Labute approximate surface area is 189 Å². The van der Waals surface area contributed by atoms with Gasteiger partial charge >= 0.3 is 11.8 Å². The molecule has 0 fully saturated rings. The summed E-state index contributed by atoms with van der Waals surface area (Å²) in [4.78, 5) is 29.7. The molecule has 9 heteroatoms. The van der Waals surface area contributed by atoms with E-state index in [4.69, 9.17) is 4.74 Å². The number of benzene rings is 2. The fourth-order valence-corrected chi connectivity index (χ4v) is 4.03. The summed E-state index contributed by atoms with van der Waals surface area (Å²) in [6.07, 6.45) is 0.526. The van der Waals surface area contributed by atoms with Crippen LogP contribution in [-0.2, 0) is 16.0 Å². The van der Waals surface area contributed by atoms with E-state index in [0.29, 0.717) is 36.8 Å². The van der Waals surface area contributed by atoms with Gasteiger partial charge in [-0.25, -0.2) is 4.52 Å². The summed E-state index contributed by atoms with van der Waals surface area (Å²) in [5, 5.41) is 11.8. The molecular formula is C23H23N5O3S. The third kappa shape index (κ3) is 4.94. The number of carbonyl (C=O) groups is 2. The minimum Gasteiger partial charge on any atom is -0.494 e. The minimum absolute atomic E-state index is 0.307. The van der Waals surface area contributed by atoms with Gasteiger partial charge in [0.1, 0.15) is 5.75 Å². The van der Waals surface area contributed by atoms with Crippen molar-refractivity contribution >= 4 is 33.8 Å². The number of ether oxygens (including phenoxy) is 1. The van der Waals surface area contributed by atoms with Crippen LogP contribution in [0.2, 0.25) is 0 Å². The van der Waals surface area contributed by atoms with Crippen molar-refractivity contribution in [1.29, 1.82) is 0 Å². The molecule has 4 rings (SSSR count). The SMILES string of the molecule is CCOc1ccc(NC(=O)C(=O)NCCc2csc3nc(-c4cccc(C)c4)nn23)cc1. The van der Waals surface area contributed by atoms with Crippen LogP contribution in [0.15, 0.2) is 53.9 Å². The summed E-state index contributed by atoms with van der Waals surface area (Å²) in [5.74, 6) is -0.0345. The molecule has 4 aromatic rings. The largest absolute Gasteiger partial charge is 0.494 e. The van der Waals surface area contributed by atoms with Crippen LogP contribution >= 0.6 is 11.3 Å². The number of carbonyl (C=O) groups excluding carboxylic acids is 2. The van der Waals surface area contributed by atoms with E-state index in [0.717, 1.165) is 21.8 Å². The Bertz CT molecular complexity index is 1250. The predicted octanol–water partition coefficient (Wildman–Crippen LogP) is 3.46. The van der Waals surface area contributed by atoms with Gasteiger partial charge in [-0.1, -0.05) is 23.8 Å². The lowest BCUT2D eigenvalue weighted by atomic mass is 10.1. The molecule has 8 nitrogen and oxygen atoms in total. The Hall–Kier alpha value is -3.72. The molecule has 0 aliphatic carbocycles. The summed E-state index contributed by atoms with van der Waals surface area (Å²) in [6, 6.07) is 14.9. The molecule has 0 aliphatic heterocycles. The molecule has 0 atom stereocenters. The Balaban J connectivity index is 1.32. The smallest absolute Gasteiger partial charge is 0.313 e. The first-order valence-electron chi connectivity index (χ1n) is 10.3. The summed E-state index contributed by atoms with van der Waals surface area (Å²) < 4.78 is 7.15. The van der Waals surface area contributed by atoms with Gasteiger partial charge < -0.3 is 15.4 Å². The van der Waals surface area contributed by atoms with Crippen LogP contribution in [-0.4, -0.2) is 39.6 Å². The highest BCUT2D eigenvalue weighted by atomic mass is 32.1. The van der Waals surface area contributed by atoms with Gasteiger partial charge in [0, 0.05) is 29.6 Å². The fraction of sp³-hybridized carbons (Fsp3) is 0.217. The quantitative estimate of drug-likeness (QED) is 0.421. The van der Waals surface area contributed by atoms with Crippen LogP contribution in [0.1, 0.15) is 18.2 Å². The van der Waals surface area contributed by atoms with Crippen molar-refractivity contribution in [2.24, 2.45) is 0 Å². The standard InChI is InChI=1S/C23H23N5O3S/c1-3-31-19-9-7-17(8-10-19)25-22(30)21(29)24-12-11-18-14-32-23-26-20(27-28(18)23)16-6-4-5-15(2)13-16/h4-10,13-14H,3,11-12H2,1-2H3,(H,24,29)(H,25,30). The molecule has 32 heavy (non-hydrogen) atoms.